The Bertz CT molecular complexity index is 718. The Morgan fingerprint density at radius 2 is 1.57 bits per heavy atom. The molecule has 3 rings (SSSR count). The molecule has 0 unspecified atom stereocenters. The summed E-state index contributed by atoms with van der Waals surface area (Å²) in [6.07, 6.45) is 0. The van der Waals surface area contributed by atoms with Crippen LogP contribution < -0.4 is 9.47 Å². The molecule has 0 N–H and O–H groups in total. The molecule has 0 radical (unpaired) electrons. The number of aromatic nitrogens is 2. The third-order valence-corrected chi connectivity index (χ3v) is 3.27. The molecule has 0 spiro atoms. The van der Waals surface area contributed by atoms with Gasteiger partial charge in [-0.05, 0) is 36.4 Å². The van der Waals surface area contributed by atoms with Gasteiger partial charge in [-0.2, -0.15) is 5.10 Å². The molecule has 0 saturated carbocycles. The molecule has 0 atom stereocenters. The smallest absolute Gasteiger partial charge is 0.216 e. The molecular weight excluding hydrogens is 264 g/mol. The first-order valence-electron chi connectivity index (χ1n) is 6.65. The highest BCUT2D eigenvalue weighted by molar-refractivity contribution is 5.62. The molecular formula is C17H16N2O2. The zero-order chi connectivity index (χ0) is 14.7. The summed E-state index contributed by atoms with van der Waals surface area (Å²) in [5, 5.41) is 4.63. The highest BCUT2D eigenvalue weighted by atomic mass is 16.5. The van der Waals surface area contributed by atoms with Gasteiger partial charge in [0.15, 0.2) is 0 Å². The average molecular weight is 280 g/mol. The van der Waals surface area contributed by atoms with Gasteiger partial charge < -0.3 is 9.47 Å². The van der Waals surface area contributed by atoms with Crippen LogP contribution in [0, 0.1) is 0 Å². The maximum Gasteiger partial charge on any atom is 0.216 e. The number of hydrogen-bond donors (Lipinski definition) is 0. The third-order valence-electron chi connectivity index (χ3n) is 3.27. The predicted molar refractivity (Wildman–Crippen MR) is 82.1 cm³/mol. The molecule has 4 heteroatoms. The number of nitrogens with zero attached hydrogens (tertiary/aromatic N) is 2. The molecule has 2 aromatic carbocycles. The summed E-state index contributed by atoms with van der Waals surface area (Å²) >= 11 is 0. The number of rotatable bonds is 4. The highest BCUT2D eigenvalue weighted by Gasteiger charge is 2.11. The monoisotopic (exact) mass is 280 g/mol. The number of ether oxygens (including phenoxy) is 2. The van der Waals surface area contributed by atoms with Crippen molar-refractivity contribution in [3.05, 3.63) is 60.7 Å². The van der Waals surface area contributed by atoms with Crippen LogP contribution in [-0.2, 0) is 0 Å². The number of para-hydroxylation sites is 1. The quantitative estimate of drug-likeness (QED) is 0.733. The van der Waals surface area contributed by atoms with Gasteiger partial charge in [-0.3, -0.25) is 0 Å². The summed E-state index contributed by atoms with van der Waals surface area (Å²) in [4.78, 5) is 0. The molecule has 1 aromatic heterocycles. The van der Waals surface area contributed by atoms with E-state index in [2.05, 4.69) is 5.10 Å². The Kier molecular flexibility index (Phi) is 3.60. The van der Waals surface area contributed by atoms with Crippen LogP contribution in [0.25, 0.3) is 16.9 Å². The van der Waals surface area contributed by atoms with Gasteiger partial charge in [-0.25, -0.2) is 4.68 Å². The maximum atomic E-state index is 5.42. The van der Waals surface area contributed by atoms with E-state index in [1.807, 2.05) is 60.7 Å². The molecule has 0 aliphatic carbocycles. The second-order valence-corrected chi connectivity index (χ2v) is 4.55. The zero-order valence-electron chi connectivity index (χ0n) is 12.0. The van der Waals surface area contributed by atoms with Crippen molar-refractivity contribution < 1.29 is 9.47 Å². The summed E-state index contributed by atoms with van der Waals surface area (Å²) in [5.74, 6) is 1.53. The van der Waals surface area contributed by atoms with E-state index in [4.69, 9.17) is 9.47 Å². The van der Waals surface area contributed by atoms with E-state index in [0.717, 1.165) is 22.7 Å². The molecule has 0 saturated heterocycles. The fraction of sp³-hybridized carbons (Fsp3) is 0.118. The molecule has 0 bridgehead atoms. The molecule has 1 heterocycles. The molecule has 3 aromatic rings. The summed E-state index contributed by atoms with van der Waals surface area (Å²) in [6, 6.07) is 19.6. The van der Waals surface area contributed by atoms with E-state index in [0.29, 0.717) is 5.88 Å². The van der Waals surface area contributed by atoms with Crippen LogP contribution in [0.3, 0.4) is 0 Å². The van der Waals surface area contributed by atoms with Crippen molar-refractivity contribution in [2.75, 3.05) is 14.2 Å². The summed E-state index contributed by atoms with van der Waals surface area (Å²) in [6.45, 7) is 0. The van der Waals surface area contributed by atoms with E-state index >= 15 is 0 Å². The van der Waals surface area contributed by atoms with Crippen molar-refractivity contribution in [2.24, 2.45) is 0 Å². The number of benzene rings is 2. The van der Waals surface area contributed by atoms with Crippen LogP contribution in [0.4, 0.5) is 0 Å². The van der Waals surface area contributed by atoms with E-state index in [1.165, 1.54) is 0 Å². The Hall–Kier alpha value is -2.75. The van der Waals surface area contributed by atoms with E-state index in [-0.39, 0.29) is 0 Å². The van der Waals surface area contributed by atoms with Crippen molar-refractivity contribution in [3.63, 3.8) is 0 Å². The van der Waals surface area contributed by atoms with Crippen LogP contribution in [0.2, 0.25) is 0 Å². The summed E-state index contributed by atoms with van der Waals surface area (Å²) in [5.41, 5.74) is 2.84. The molecule has 106 valence electrons. The van der Waals surface area contributed by atoms with Crippen LogP contribution in [-0.4, -0.2) is 24.0 Å². The molecule has 0 amide bonds. The van der Waals surface area contributed by atoms with Gasteiger partial charge in [0.25, 0.3) is 0 Å². The lowest BCUT2D eigenvalue weighted by atomic mass is 10.1. The molecule has 0 fully saturated rings. The summed E-state index contributed by atoms with van der Waals surface area (Å²) < 4.78 is 12.4. The Morgan fingerprint density at radius 1 is 0.857 bits per heavy atom. The van der Waals surface area contributed by atoms with E-state index < -0.39 is 0 Å². The van der Waals surface area contributed by atoms with Crippen molar-refractivity contribution in [3.8, 4) is 28.6 Å². The predicted octanol–water partition coefficient (Wildman–Crippen LogP) is 3.56. The van der Waals surface area contributed by atoms with Gasteiger partial charge >= 0.3 is 0 Å². The van der Waals surface area contributed by atoms with Crippen LogP contribution in [0.15, 0.2) is 60.7 Å². The minimum Gasteiger partial charge on any atom is -0.497 e. The van der Waals surface area contributed by atoms with Crippen molar-refractivity contribution in [1.82, 2.24) is 9.78 Å². The lowest BCUT2D eigenvalue weighted by molar-refractivity contribution is 0.383. The van der Waals surface area contributed by atoms with Gasteiger partial charge in [0, 0.05) is 11.6 Å². The largest absolute Gasteiger partial charge is 0.497 e. The van der Waals surface area contributed by atoms with Crippen molar-refractivity contribution >= 4 is 0 Å². The standard InChI is InChI=1S/C17H16N2O2/c1-20-15-10-8-13(9-11-15)16-12-17(21-2)19(18-16)14-6-4-3-5-7-14/h3-12H,1-2H3. The van der Waals surface area contributed by atoms with Crippen molar-refractivity contribution in [2.45, 2.75) is 0 Å². The first kappa shape index (κ1) is 13.2. The Morgan fingerprint density at radius 3 is 2.19 bits per heavy atom. The Labute approximate surface area is 123 Å². The number of hydrogen-bond acceptors (Lipinski definition) is 3. The molecule has 0 aliphatic rings. The van der Waals surface area contributed by atoms with Gasteiger partial charge in [0.1, 0.15) is 5.75 Å². The Balaban J connectivity index is 2.02. The zero-order valence-corrected chi connectivity index (χ0v) is 12.0. The lowest BCUT2D eigenvalue weighted by Gasteiger charge is -2.04. The first-order valence-corrected chi connectivity index (χ1v) is 6.65. The van der Waals surface area contributed by atoms with Crippen molar-refractivity contribution in [1.29, 1.82) is 0 Å². The fourth-order valence-electron chi connectivity index (χ4n) is 2.17. The minimum absolute atomic E-state index is 0.701. The van der Waals surface area contributed by atoms with E-state index in [1.54, 1.807) is 18.9 Å². The normalized spacial score (nSPS) is 10.4. The van der Waals surface area contributed by atoms with Gasteiger partial charge in [-0.1, -0.05) is 18.2 Å². The number of methoxy groups -OCH3 is 2. The third kappa shape index (κ3) is 2.60. The molecule has 0 aliphatic heterocycles. The van der Waals surface area contributed by atoms with E-state index in [9.17, 15) is 0 Å². The second-order valence-electron chi connectivity index (χ2n) is 4.55. The van der Waals surface area contributed by atoms with Gasteiger partial charge in [-0.15, -0.1) is 0 Å². The lowest BCUT2D eigenvalue weighted by Crippen LogP contribution is -1.99. The second kappa shape index (κ2) is 5.71. The topological polar surface area (TPSA) is 36.3 Å². The maximum absolute atomic E-state index is 5.42. The highest BCUT2D eigenvalue weighted by Crippen LogP contribution is 2.27. The van der Waals surface area contributed by atoms with Gasteiger partial charge in [0.2, 0.25) is 5.88 Å². The fourth-order valence-corrected chi connectivity index (χ4v) is 2.17. The molecule has 4 nitrogen and oxygen atoms in total. The van der Waals surface area contributed by atoms with Gasteiger partial charge in [0.05, 0.1) is 25.6 Å². The van der Waals surface area contributed by atoms with Crippen LogP contribution in [0.1, 0.15) is 0 Å². The van der Waals surface area contributed by atoms with Crippen LogP contribution >= 0.6 is 0 Å². The average Bonchev–Trinajstić information content (AvgIpc) is 3.00. The minimum atomic E-state index is 0.701. The summed E-state index contributed by atoms with van der Waals surface area (Å²) in [7, 11) is 3.30. The first-order chi connectivity index (χ1) is 10.3. The SMILES string of the molecule is COc1ccc(-c2cc(OC)n(-c3ccccc3)n2)cc1. The van der Waals surface area contributed by atoms with Crippen LogP contribution in [0.5, 0.6) is 11.6 Å². The molecule has 21 heavy (non-hydrogen) atoms.